The fourth-order valence-corrected chi connectivity index (χ4v) is 2.65. The molecule has 2 atom stereocenters. The van der Waals surface area contributed by atoms with Gasteiger partial charge in [0, 0.05) is 6.61 Å². The summed E-state index contributed by atoms with van der Waals surface area (Å²) in [6.45, 7) is 13.8. The van der Waals surface area contributed by atoms with Crippen molar-refractivity contribution >= 4 is 0 Å². The fourth-order valence-electron chi connectivity index (χ4n) is 2.65. The third-order valence-corrected chi connectivity index (χ3v) is 3.51. The van der Waals surface area contributed by atoms with E-state index in [0.29, 0.717) is 12.5 Å². The van der Waals surface area contributed by atoms with E-state index in [1.54, 1.807) is 0 Å². The predicted molar refractivity (Wildman–Crippen MR) is 86.8 cm³/mol. The predicted octanol–water partition coefficient (Wildman–Crippen LogP) is 4.34. The summed E-state index contributed by atoms with van der Waals surface area (Å²) < 4.78 is 5.92. The smallest absolute Gasteiger partial charge is 0.0815 e. The summed E-state index contributed by atoms with van der Waals surface area (Å²) in [6.07, 6.45) is 1.12. The molecule has 1 aromatic rings. The maximum atomic E-state index is 6.49. The zero-order chi connectivity index (χ0) is 15.3. The first-order chi connectivity index (χ1) is 9.25. The Labute approximate surface area is 124 Å². The number of rotatable bonds is 6. The minimum absolute atomic E-state index is 0.0294. The lowest BCUT2D eigenvalue weighted by atomic mass is 9.82. The van der Waals surface area contributed by atoms with Crippen molar-refractivity contribution in [2.45, 2.75) is 60.1 Å². The molecule has 0 aliphatic carbocycles. The summed E-state index contributed by atoms with van der Waals surface area (Å²) in [4.78, 5) is 0. The zero-order valence-corrected chi connectivity index (χ0v) is 13.9. The van der Waals surface area contributed by atoms with E-state index in [0.717, 1.165) is 6.42 Å². The second-order valence-corrected chi connectivity index (χ2v) is 7.11. The SMILES string of the molecule is CCOC(C(N)c1cccc(CC(C)C)c1)C(C)(C)C. The van der Waals surface area contributed by atoms with Crippen molar-refractivity contribution in [2.75, 3.05) is 6.61 Å². The molecule has 2 N–H and O–H groups in total. The molecule has 1 rings (SSSR count). The van der Waals surface area contributed by atoms with Gasteiger partial charge in [-0.25, -0.2) is 0 Å². The molecule has 20 heavy (non-hydrogen) atoms. The van der Waals surface area contributed by atoms with E-state index >= 15 is 0 Å². The summed E-state index contributed by atoms with van der Waals surface area (Å²) in [7, 11) is 0. The quantitative estimate of drug-likeness (QED) is 0.839. The molecule has 0 aromatic heterocycles. The molecule has 0 amide bonds. The third kappa shape index (κ3) is 4.92. The molecule has 2 nitrogen and oxygen atoms in total. The van der Waals surface area contributed by atoms with Crippen molar-refractivity contribution in [3.8, 4) is 0 Å². The lowest BCUT2D eigenvalue weighted by Gasteiger charge is -2.35. The van der Waals surface area contributed by atoms with Gasteiger partial charge in [-0.05, 0) is 35.8 Å². The van der Waals surface area contributed by atoms with E-state index in [9.17, 15) is 0 Å². The third-order valence-electron chi connectivity index (χ3n) is 3.51. The van der Waals surface area contributed by atoms with Gasteiger partial charge in [-0.2, -0.15) is 0 Å². The van der Waals surface area contributed by atoms with Crippen molar-refractivity contribution in [3.63, 3.8) is 0 Å². The molecule has 2 unspecified atom stereocenters. The molecule has 0 saturated heterocycles. The van der Waals surface area contributed by atoms with E-state index in [-0.39, 0.29) is 17.6 Å². The maximum absolute atomic E-state index is 6.49. The molecule has 0 fully saturated rings. The van der Waals surface area contributed by atoms with Crippen LogP contribution in [0, 0.1) is 11.3 Å². The summed E-state index contributed by atoms with van der Waals surface area (Å²) in [6, 6.07) is 8.57. The Morgan fingerprint density at radius 2 is 1.85 bits per heavy atom. The van der Waals surface area contributed by atoms with Crippen LogP contribution in [0.4, 0.5) is 0 Å². The number of ether oxygens (including phenoxy) is 1. The van der Waals surface area contributed by atoms with Crippen LogP contribution in [-0.4, -0.2) is 12.7 Å². The van der Waals surface area contributed by atoms with Crippen LogP contribution < -0.4 is 5.73 Å². The molecule has 114 valence electrons. The Bertz CT molecular complexity index is 406. The fraction of sp³-hybridized carbons (Fsp3) is 0.667. The molecule has 0 heterocycles. The number of hydrogen-bond donors (Lipinski definition) is 1. The highest BCUT2D eigenvalue weighted by Gasteiger charge is 2.31. The van der Waals surface area contributed by atoms with Gasteiger partial charge in [0.15, 0.2) is 0 Å². The highest BCUT2D eigenvalue weighted by atomic mass is 16.5. The average molecular weight is 277 g/mol. The minimum Gasteiger partial charge on any atom is -0.376 e. The molecule has 2 heteroatoms. The van der Waals surface area contributed by atoms with Gasteiger partial charge in [0.1, 0.15) is 0 Å². The Balaban J connectivity index is 2.96. The van der Waals surface area contributed by atoms with E-state index in [1.807, 2.05) is 6.92 Å². The Morgan fingerprint density at radius 1 is 1.20 bits per heavy atom. The van der Waals surface area contributed by atoms with Crippen LogP contribution in [0.3, 0.4) is 0 Å². The Morgan fingerprint density at radius 3 is 2.35 bits per heavy atom. The van der Waals surface area contributed by atoms with Crippen LogP contribution in [0.5, 0.6) is 0 Å². The number of nitrogens with two attached hydrogens (primary N) is 1. The first kappa shape index (κ1) is 17.2. The Hall–Kier alpha value is -0.860. The molecule has 0 aliphatic heterocycles. The minimum atomic E-state index is -0.0814. The van der Waals surface area contributed by atoms with Crippen molar-refractivity contribution in [2.24, 2.45) is 17.1 Å². The summed E-state index contributed by atoms with van der Waals surface area (Å²) in [5.41, 5.74) is 9.05. The van der Waals surface area contributed by atoms with Gasteiger partial charge in [-0.15, -0.1) is 0 Å². The topological polar surface area (TPSA) is 35.2 Å². The molecular weight excluding hydrogens is 246 g/mol. The average Bonchev–Trinajstić information content (AvgIpc) is 2.33. The van der Waals surface area contributed by atoms with Gasteiger partial charge in [0.25, 0.3) is 0 Å². The van der Waals surface area contributed by atoms with Crippen LogP contribution in [0.25, 0.3) is 0 Å². The molecule has 0 aliphatic rings. The normalized spacial score (nSPS) is 15.4. The number of hydrogen-bond acceptors (Lipinski definition) is 2. The summed E-state index contributed by atoms with van der Waals surface area (Å²) >= 11 is 0. The highest BCUT2D eigenvalue weighted by molar-refractivity contribution is 5.27. The molecule has 0 radical (unpaired) electrons. The van der Waals surface area contributed by atoms with E-state index in [4.69, 9.17) is 10.5 Å². The highest BCUT2D eigenvalue weighted by Crippen LogP contribution is 2.31. The van der Waals surface area contributed by atoms with Crippen molar-refractivity contribution in [3.05, 3.63) is 35.4 Å². The van der Waals surface area contributed by atoms with E-state index < -0.39 is 0 Å². The molecule has 0 bridgehead atoms. The standard InChI is InChI=1S/C18H31NO/c1-7-20-17(18(4,5)6)16(19)15-10-8-9-14(12-15)11-13(2)3/h8-10,12-13,16-17H,7,11,19H2,1-6H3. The molecule has 0 spiro atoms. The first-order valence-corrected chi connectivity index (χ1v) is 7.71. The van der Waals surface area contributed by atoms with Gasteiger partial charge in [-0.3, -0.25) is 0 Å². The summed E-state index contributed by atoms with van der Waals surface area (Å²) in [5, 5.41) is 0. The second kappa shape index (κ2) is 7.24. The monoisotopic (exact) mass is 277 g/mol. The number of benzene rings is 1. The molecule has 0 saturated carbocycles. The summed E-state index contributed by atoms with van der Waals surface area (Å²) in [5.74, 6) is 0.659. The van der Waals surface area contributed by atoms with Crippen LogP contribution in [0.1, 0.15) is 58.7 Å². The lowest BCUT2D eigenvalue weighted by molar-refractivity contribution is -0.0283. The van der Waals surface area contributed by atoms with Crippen LogP contribution >= 0.6 is 0 Å². The first-order valence-electron chi connectivity index (χ1n) is 7.71. The Kier molecular flexibility index (Phi) is 6.22. The molecular formula is C18H31NO. The van der Waals surface area contributed by atoms with Gasteiger partial charge >= 0.3 is 0 Å². The maximum Gasteiger partial charge on any atom is 0.0815 e. The van der Waals surface area contributed by atoms with Gasteiger partial charge in [-0.1, -0.05) is 58.9 Å². The van der Waals surface area contributed by atoms with Crippen LogP contribution in [-0.2, 0) is 11.2 Å². The second-order valence-electron chi connectivity index (χ2n) is 7.11. The zero-order valence-electron chi connectivity index (χ0n) is 13.9. The molecule has 1 aromatic carbocycles. The van der Waals surface area contributed by atoms with Crippen molar-refractivity contribution in [1.29, 1.82) is 0 Å². The van der Waals surface area contributed by atoms with E-state index in [1.165, 1.54) is 11.1 Å². The van der Waals surface area contributed by atoms with Crippen molar-refractivity contribution < 1.29 is 4.74 Å². The van der Waals surface area contributed by atoms with Gasteiger partial charge < -0.3 is 10.5 Å². The largest absolute Gasteiger partial charge is 0.376 e. The van der Waals surface area contributed by atoms with Gasteiger partial charge in [0.05, 0.1) is 12.1 Å². The van der Waals surface area contributed by atoms with E-state index in [2.05, 4.69) is 58.9 Å². The van der Waals surface area contributed by atoms with Crippen LogP contribution in [0.2, 0.25) is 0 Å². The lowest BCUT2D eigenvalue weighted by Crippen LogP contribution is -2.39. The van der Waals surface area contributed by atoms with Crippen molar-refractivity contribution in [1.82, 2.24) is 0 Å². The van der Waals surface area contributed by atoms with Gasteiger partial charge in [0.2, 0.25) is 0 Å². The van der Waals surface area contributed by atoms with Crippen LogP contribution in [0.15, 0.2) is 24.3 Å².